The molecule has 2 aromatic rings. The number of aromatic nitrogens is 3. The van der Waals surface area contributed by atoms with Crippen LogP contribution in [-0.4, -0.2) is 26.0 Å². The summed E-state index contributed by atoms with van der Waals surface area (Å²) in [6.07, 6.45) is 1.38. The number of benzene rings is 1. The molecule has 1 heterocycles. The number of nitrogens with one attached hydrogen (secondary N) is 1. The van der Waals surface area contributed by atoms with E-state index in [0.29, 0.717) is 15.2 Å². The molecule has 0 aliphatic heterocycles. The zero-order valence-electron chi connectivity index (χ0n) is 12.0. The largest absolute Gasteiger partial charge is 0.349 e. The monoisotopic (exact) mass is 359 g/mol. The van der Waals surface area contributed by atoms with E-state index < -0.39 is 0 Å². The zero-order chi connectivity index (χ0) is 16.3. The Hall–Kier alpha value is -1.44. The molecule has 0 fully saturated rings. The van der Waals surface area contributed by atoms with Gasteiger partial charge < -0.3 is 11.2 Å². The molecule has 22 heavy (non-hydrogen) atoms. The second-order valence-corrected chi connectivity index (χ2v) is 6.83. The van der Waals surface area contributed by atoms with Crippen LogP contribution in [0.2, 0.25) is 10.0 Å². The molecule has 2 rings (SSSR count). The van der Waals surface area contributed by atoms with Crippen LogP contribution in [0.25, 0.3) is 0 Å². The summed E-state index contributed by atoms with van der Waals surface area (Å²) in [5.74, 6) is 5.48. The maximum Gasteiger partial charge on any atom is 0.233 e. The highest BCUT2D eigenvalue weighted by molar-refractivity contribution is 8.00. The molecule has 0 unspecified atom stereocenters. The summed E-state index contributed by atoms with van der Waals surface area (Å²) in [4.78, 5) is 12.2. The van der Waals surface area contributed by atoms with Crippen molar-refractivity contribution in [1.82, 2.24) is 20.2 Å². The van der Waals surface area contributed by atoms with E-state index in [1.54, 1.807) is 25.1 Å². The van der Waals surface area contributed by atoms with Gasteiger partial charge in [0, 0.05) is 10.0 Å². The van der Waals surface area contributed by atoms with Crippen LogP contribution in [0, 0.1) is 0 Å². The standard InChI is InChI=1S/C13H15Cl2N5OS/c1-7(10-4-3-9(14)5-11(10)15)18-12(21)8(2)22-13-19-17-6-20(13)16/h3-8H,16H2,1-2H3,(H,18,21)/t7-,8+/m0/s1. The lowest BCUT2D eigenvalue weighted by Gasteiger charge is -2.18. The van der Waals surface area contributed by atoms with Crippen molar-refractivity contribution < 1.29 is 4.79 Å². The first-order valence-electron chi connectivity index (χ1n) is 6.45. The number of nitrogens with zero attached hydrogens (tertiary/aromatic N) is 3. The van der Waals surface area contributed by atoms with Crippen molar-refractivity contribution in [2.24, 2.45) is 0 Å². The molecule has 9 heteroatoms. The number of carbonyl (C=O) groups is 1. The van der Waals surface area contributed by atoms with Gasteiger partial charge in [-0.1, -0.05) is 41.0 Å². The van der Waals surface area contributed by atoms with Crippen LogP contribution >= 0.6 is 35.0 Å². The molecule has 0 aliphatic carbocycles. The fourth-order valence-electron chi connectivity index (χ4n) is 1.79. The Bertz CT molecular complexity index is 678. The van der Waals surface area contributed by atoms with Crippen molar-refractivity contribution in [3.05, 3.63) is 40.1 Å². The summed E-state index contributed by atoms with van der Waals surface area (Å²) in [5.41, 5.74) is 0.804. The molecule has 1 aromatic carbocycles. The minimum absolute atomic E-state index is 0.147. The van der Waals surface area contributed by atoms with Gasteiger partial charge in [0.2, 0.25) is 11.1 Å². The van der Waals surface area contributed by atoms with Crippen molar-refractivity contribution in [3.63, 3.8) is 0 Å². The van der Waals surface area contributed by atoms with E-state index in [9.17, 15) is 4.79 Å². The molecule has 0 spiro atoms. The minimum atomic E-state index is -0.375. The van der Waals surface area contributed by atoms with E-state index in [4.69, 9.17) is 29.0 Å². The predicted octanol–water partition coefficient (Wildman–Crippen LogP) is 2.66. The van der Waals surface area contributed by atoms with Crippen molar-refractivity contribution in [2.45, 2.75) is 30.3 Å². The minimum Gasteiger partial charge on any atom is -0.349 e. The number of carbonyl (C=O) groups excluding carboxylic acids is 1. The number of hydrogen-bond acceptors (Lipinski definition) is 5. The van der Waals surface area contributed by atoms with Crippen molar-refractivity contribution >= 4 is 40.9 Å². The molecule has 2 atom stereocenters. The van der Waals surface area contributed by atoms with Gasteiger partial charge in [-0.05, 0) is 31.5 Å². The lowest BCUT2D eigenvalue weighted by atomic mass is 10.1. The fourth-order valence-corrected chi connectivity index (χ4v) is 3.12. The number of thioether (sulfide) groups is 1. The van der Waals surface area contributed by atoms with Gasteiger partial charge in [0.1, 0.15) is 6.33 Å². The van der Waals surface area contributed by atoms with Gasteiger partial charge in [-0.3, -0.25) is 4.79 Å². The van der Waals surface area contributed by atoms with Crippen LogP contribution in [0.3, 0.4) is 0 Å². The first kappa shape index (κ1) is 16.9. The van der Waals surface area contributed by atoms with Crippen molar-refractivity contribution in [3.8, 4) is 0 Å². The van der Waals surface area contributed by atoms with Gasteiger partial charge in [0.05, 0.1) is 11.3 Å². The van der Waals surface area contributed by atoms with Gasteiger partial charge in [0.25, 0.3) is 0 Å². The molecule has 1 amide bonds. The predicted molar refractivity (Wildman–Crippen MR) is 88.5 cm³/mol. The highest BCUT2D eigenvalue weighted by Gasteiger charge is 2.20. The highest BCUT2D eigenvalue weighted by Crippen LogP contribution is 2.27. The lowest BCUT2D eigenvalue weighted by Crippen LogP contribution is -2.33. The summed E-state index contributed by atoms with van der Waals surface area (Å²) in [6, 6.07) is 4.94. The second-order valence-electron chi connectivity index (χ2n) is 4.68. The number of halogens is 2. The molecule has 0 radical (unpaired) electrons. The lowest BCUT2D eigenvalue weighted by molar-refractivity contribution is -0.120. The van der Waals surface area contributed by atoms with Crippen LogP contribution < -0.4 is 11.2 Å². The van der Waals surface area contributed by atoms with E-state index in [1.807, 2.05) is 6.92 Å². The Labute approximate surface area is 142 Å². The van der Waals surface area contributed by atoms with E-state index in [-0.39, 0.29) is 17.2 Å². The summed E-state index contributed by atoms with van der Waals surface area (Å²) >= 11 is 13.2. The summed E-state index contributed by atoms with van der Waals surface area (Å²) in [5, 5.41) is 11.6. The van der Waals surface area contributed by atoms with Gasteiger partial charge in [-0.2, -0.15) is 0 Å². The average molecular weight is 360 g/mol. The molecule has 0 saturated carbocycles. The smallest absolute Gasteiger partial charge is 0.233 e. The van der Waals surface area contributed by atoms with Crippen LogP contribution in [0.5, 0.6) is 0 Å². The molecule has 1 aromatic heterocycles. The second kappa shape index (κ2) is 7.21. The van der Waals surface area contributed by atoms with E-state index in [1.165, 1.54) is 22.8 Å². The topological polar surface area (TPSA) is 85.8 Å². The highest BCUT2D eigenvalue weighted by atomic mass is 35.5. The summed E-state index contributed by atoms with van der Waals surface area (Å²) < 4.78 is 1.27. The maximum atomic E-state index is 12.2. The van der Waals surface area contributed by atoms with Crippen LogP contribution in [0.15, 0.2) is 29.7 Å². The summed E-state index contributed by atoms with van der Waals surface area (Å²) in [7, 11) is 0. The van der Waals surface area contributed by atoms with E-state index in [0.717, 1.165) is 5.56 Å². The van der Waals surface area contributed by atoms with Gasteiger partial charge in [-0.25, -0.2) is 4.68 Å². The third-order valence-electron chi connectivity index (χ3n) is 2.98. The van der Waals surface area contributed by atoms with Crippen LogP contribution in [-0.2, 0) is 4.79 Å². The van der Waals surface area contributed by atoms with Crippen molar-refractivity contribution in [1.29, 1.82) is 0 Å². The Morgan fingerprint density at radius 3 is 2.73 bits per heavy atom. The van der Waals surface area contributed by atoms with Crippen LogP contribution in [0.4, 0.5) is 0 Å². The van der Waals surface area contributed by atoms with Gasteiger partial charge >= 0.3 is 0 Å². The molecule has 118 valence electrons. The molecule has 6 nitrogen and oxygen atoms in total. The molecule has 0 aliphatic rings. The third kappa shape index (κ3) is 4.06. The first-order valence-corrected chi connectivity index (χ1v) is 8.09. The zero-order valence-corrected chi connectivity index (χ0v) is 14.3. The maximum absolute atomic E-state index is 12.2. The van der Waals surface area contributed by atoms with E-state index >= 15 is 0 Å². The average Bonchev–Trinajstić information content (AvgIpc) is 2.83. The Balaban J connectivity index is 2.00. The Morgan fingerprint density at radius 2 is 2.14 bits per heavy atom. The third-order valence-corrected chi connectivity index (χ3v) is 4.61. The van der Waals surface area contributed by atoms with Gasteiger partial charge in [-0.15, -0.1) is 10.2 Å². The normalized spacial score (nSPS) is 13.6. The number of hydrogen-bond donors (Lipinski definition) is 2. The van der Waals surface area contributed by atoms with Crippen LogP contribution in [0.1, 0.15) is 25.5 Å². The van der Waals surface area contributed by atoms with Gasteiger partial charge in [0.15, 0.2) is 0 Å². The molecular weight excluding hydrogens is 345 g/mol. The number of rotatable bonds is 5. The molecule has 3 N–H and O–H groups in total. The SMILES string of the molecule is C[C@H](NC(=O)[C@@H](C)Sc1nncn1N)c1ccc(Cl)cc1Cl. The number of nitrogen functional groups attached to an aromatic ring is 1. The first-order chi connectivity index (χ1) is 10.4. The number of nitrogens with two attached hydrogens (primary N) is 1. The molecule has 0 bridgehead atoms. The van der Waals surface area contributed by atoms with Crippen molar-refractivity contribution in [2.75, 3.05) is 5.84 Å². The Kier molecular flexibility index (Phi) is 5.55. The quantitative estimate of drug-likeness (QED) is 0.632. The molecule has 0 saturated heterocycles. The molecular formula is C13H15Cl2N5OS. The summed E-state index contributed by atoms with van der Waals surface area (Å²) in [6.45, 7) is 3.63. The van der Waals surface area contributed by atoms with E-state index in [2.05, 4.69) is 15.5 Å². The number of amides is 1. The fraction of sp³-hybridized carbons (Fsp3) is 0.308. The Morgan fingerprint density at radius 1 is 1.41 bits per heavy atom.